The van der Waals surface area contributed by atoms with Crippen LogP contribution in [0.25, 0.3) is 124 Å². The minimum absolute atomic E-state index is 0.00426. The third-order valence-electron chi connectivity index (χ3n) is 16.0. The van der Waals surface area contributed by atoms with Gasteiger partial charge in [0, 0.05) is 11.3 Å². The average molecular weight is 643 g/mol. The fourth-order valence-corrected chi connectivity index (χ4v) is 18.2. The first kappa shape index (κ1) is 23.2. The lowest BCUT2D eigenvalue weighted by Gasteiger charge is -2.50. The molecule has 0 aliphatic heterocycles. The minimum Gasteiger partial charge on any atom is -0.0791 e. The van der Waals surface area contributed by atoms with E-state index in [1.54, 1.807) is 119 Å². The van der Waals surface area contributed by atoms with Crippen molar-refractivity contribution in [2.24, 2.45) is 0 Å². The number of fused-ring (bicyclic) bond motifs is 5. The number of hydrogen-bond acceptors (Lipinski definition) is 0. The van der Waals surface area contributed by atoms with Crippen LogP contribution in [-0.4, -0.2) is 8.07 Å². The lowest BCUT2D eigenvalue weighted by Crippen LogP contribution is -2.50. The predicted octanol–water partition coefficient (Wildman–Crippen LogP) is 12.7. The normalized spacial score (nSPS) is 22.8. The maximum Gasteiger partial charge on any atom is 0.0818 e. The summed E-state index contributed by atoms with van der Waals surface area (Å²) in [5.74, 6) is 1.03. The molecule has 4 aliphatic carbocycles. The Kier molecular flexibility index (Phi) is 2.92. The van der Waals surface area contributed by atoms with Gasteiger partial charge in [0.05, 0.1) is 8.07 Å². The number of rotatable bonds is 3. The van der Waals surface area contributed by atoms with E-state index >= 15 is 0 Å². The van der Waals surface area contributed by atoms with Gasteiger partial charge >= 0.3 is 0 Å². The van der Waals surface area contributed by atoms with Crippen LogP contribution in [0, 0.1) is 0 Å². The molecule has 3 atom stereocenters. The van der Waals surface area contributed by atoms with Crippen molar-refractivity contribution in [3.63, 3.8) is 0 Å². The van der Waals surface area contributed by atoms with Gasteiger partial charge in [0.25, 0.3) is 0 Å². The molecule has 226 valence electrons. The lowest BCUT2D eigenvalue weighted by atomic mass is 9.57. The fourth-order valence-electron chi connectivity index (χ4n) is 14.9. The zero-order valence-electron chi connectivity index (χ0n) is 27.7. The molecule has 0 aromatic heterocycles. The molecule has 50 heavy (non-hydrogen) atoms. The molecular weight excluding hydrogens is 617 g/mol. The summed E-state index contributed by atoms with van der Waals surface area (Å²) in [5, 5.41) is 36.3. The monoisotopic (exact) mass is 642 g/mol. The molecule has 0 spiro atoms. The predicted molar refractivity (Wildman–Crippen MR) is 217 cm³/mol. The standard InChI is InChI=1S/C49H26Si/c1-50(2,19-6-4-3-5-7-19)18-49-29-17-16-27-26-13-12-23-22-9-8-20-21-10-11-24-25-14-15-28(29)37-36(25)40-33(24)32(21)38-30(20)31(22)39-34(23)35(26)45(47(27)49)44-42(39)41(38)43(40)46(44)48(37)49/h3-15,17,27,47H,16,18H2,1-2H3. The Morgan fingerprint density at radius 3 is 1.70 bits per heavy atom. The summed E-state index contributed by atoms with van der Waals surface area (Å²) < 4.78 is 0. The molecule has 0 bridgehead atoms. The van der Waals surface area contributed by atoms with Crippen molar-refractivity contribution in [2.45, 2.75) is 42.8 Å². The zero-order chi connectivity index (χ0) is 31.6. The van der Waals surface area contributed by atoms with E-state index in [1.165, 1.54) is 38.4 Å². The topological polar surface area (TPSA) is 0 Å². The minimum atomic E-state index is -1.93. The molecule has 0 amide bonds. The van der Waals surface area contributed by atoms with Crippen LogP contribution < -0.4 is 5.19 Å². The van der Waals surface area contributed by atoms with Gasteiger partial charge in [0.2, 0.25) is 0 Å². The second-order valence-corrected chi connectivity index (χ2v) is 22.5. The molecule has 13 aromatic rings. The van der Waals surface area contributed by atoms with Gasteiger partial charge in [0.15, 0.2) is 0 Å². The quantitative estimate of drug-likeness (QED) is 0.133. The molecule has 0 saturated carbocycles. The van der Waals surface area contributed by atoms with Crippen molar-refractivity contribution in [3.05, 3.63) is 107 Å². The molecule has 4 aliphatic rings. The SMILES string of the molecule is C[Si](C)(CC12C3=CCC4c5ccc6c7ccc8c9ccc%10c%11ccc3c3c1c1c%12c(c5c6c5c7c8c6c9c%10c(c3%11)c1c6c%125)C42)c1ccccc1. The Bertz CT molecular complexity index is 3780. The lowest BCUT2D eigenvalue weighted by molar-refractivity contribution is 0.406. The smallest absolute Gasteiger partial charge is 0.0791 e. The van der Waals surface area contributed by atoms with E-state index in [0.29, 0.717) is 11.8 Å². The molecule has 0 nitrogen and oxygen atoms in total. The van der Waals surface area contributed by atoms with E-state index in [-0.39, 0.29) is 5.41 Å². The van der Waals surface area contributed by atoms with Crippen LogP contribution >= 0.6 is 0 Å². The van der Waals surface area contributed by atoms with E-state index in [9.17, 15) is 0 Å². The second kappa shape index (κ2) is 6.29. The summed E-state index contributed by atoms with van der Waals surface area (Å²) in [6, 6.07) is 33.2. The van der Waals surface area contributed by atoms with Crippen LogP contribution in [0.15, 0.2) is 84.9 Å². The largest absolute Gasteiger partial charge is 0.0818 e. The van der Waals surface area contributed by atoms with Gasteiger partial charge in [-0.25, -0.2) is 0 Å². The summed E-state index contributed by atoms with van der Waals surface area (Å²) in [6.45, 7) is 5.37. The van der Waals surface area contributed by atoms with Crippen molar-refractivity contribution in [2.75, 3.05) is 0 Å². The first-order valence-electron chi connectivity index (χ1n) is 18.8. The van der Waals surface area contributed by atoms with E-state index in [1.807, 2.05) is 0 Å². The van der Waals surface area contributed by atoms with Crippen molar-refractivity contribution < 1.29 is 0 Å². The van der Waals surface area contributed by atoms with E-state index in [0.717, 1.165) is 6.42 Å². The summed E-state index contributed by atoms with van der Waals surface area (Å²) in [7, 11) is -1.93. The first-order valence-corrected chi connectivity index (χ1v) is 22.0. The van der Waals surface area contributed by atoms with Gasteiger partial charge in [-0.3, -0.25) is 0 Å². The highest BCUT2D eigenvalue weighted by molar-refractivity contribution is 6.90. The Labute approximate surface area is 286 Å². The van der Waals surface area contributed by atoms with Gasteiger partial charge in [0.1, 0.15) is 0 Å². The van der Waals surface area contributed by atoms with E-state index in [2.05, 4.69) is 98.0 Å². The van der Waals surface area contributed by atoms with Crippen LogP contribution in [0.3, 0.4) is 0 Å². The van der Waals surface area contributed by atoms with Crippen LogP contribution in [0.5, 0.6) is 0 Å². The molecule has 0 N–H and O–H groups in total. The van der Waals surface area contributed by atoms with Gasteiger partial charge in [-0.15, -0.1) is 0 Å². The van der Waals surface area contributed by atoms with Crippen LogP contribution in [0.1, 0.15) is 40.5 Å². The number of benzene rings is 9. The number of allylic oxidation sites excluding steroid dienone is 2. The summed E-state index contributed by atoms with van der Waals surface area (Å²) in [5.41, 5.74) is 8.41. The molecule has 17 rings (SSSR count). The molecule has 0 heterocycles. The zero-order valence-corrected chi connectivity index (χ0v) is 28.7. The Balaban J connectivity index is 1.28. The number of hydrogen-bond donors (Lipinski definition) is 0. The Morgan fingerprint density at radius 2 is 1.04 bits per heavy atom. The van der Waals surface area contributed by atoms with Gasteiger partial charge < -0.3 is 0 Å². The van der Waals surface area contributed by atoms with Gasteiger partial charge in [-0.2, -0.15) is 0 Å². The van der Waals surface area contributed by atoms with Crippen molar-refractivity contribution in [1.82, 2.24) is 0 Å². The Hall–Kier alpha value is -5.24. The van der Waals surface area contributed by atoms with E-state index < -0.39 is 8.07 Å². The first-order chi connectivity index (χ1) is 24.6. The van der Waals surface area contributed by atoms with E-state index in [4.69, 9.17) is 0 Å². The maximum absolute atomic E-state index is 2.77. The highest BCUT2D eigenvalue weighted by Crippen LogP contribution is 2.77. The highest BCUT2D eigenvalue weighted by atomic mass is 28.3. The fraction of sp³-hybridized carbons (Fsp3) is 0.143. The van der Waals surface area contributed by atoms with Crippen LogP contribution in [0.2, 0.25) is 19.1 Å². The molecule has 0 saturated heterocycles. The summed E-state index contributed by atoms with van der Waals surface area (Å²) >= 11 is 0. The van der Waals surface area contributed by atoms with Crippen LogP contribution in [0.4, 0.5) is 0 Å². The molecule has 1 heteroatoms. The molecule has 3 unspecified atom stereocenters. The molecule has 0 fully saturated rings. The summed E-state index contributed by atoms with van der Waals surface area (Å²) in [4.78, 5) is 0. The van der Waals surface area contributed by atoms with Crippen LogP contribution in [-0.2, 0) is 5.41 Å². The average Bonchev–Trinajstić information content (AvgIpc) is 3.95. The van der Waals surface area contributed by atoms with Gasteiger partial charge in [-0.05, 0) is 165 Å². The third-order valence-corrected chi connectivity index (χ3v) is 19.3. The van der Waals surface area contributed by atoms with Crippen molar-refractivity contribution in [3.8, 4) is 0 Å². The molecule has 13 aromatic carbocycles. The molecular formula is C49H26Si. The summed E-state index contributed by atoms with van der Waals surface area (Å²) in [6.07, 6.45) is 3.92. The molecule has 0 radical (unpaired) electrons. The highest BCUT2D eigenvalue weighted by Gasteiger charge is 2.62. The maximum atomic E-state index is 2.77. The van der Waals surface area contributed by atoms with Gasteiger partial charge in [-0.1, -0.05) is 103 Å². The Morgan fingerprint density at radius 1 is 0.520 bits per heavy atom. The van der Waals surface area contributed by atoms with Crippen molar-refractivity contribution in [1.29, 1.82) is 0 Å². The third kappa shape index (κ3) is 1.76. The second-order valence-electron chi connectivity index (χ2n) is 17.8. The van der Waals surface area contributed by atoms with Crippen molar-refractivity contribution >= 4 is 137 Å².